The third-order valence-electron chi connectivity index (χ3n) is 1.90. The van der Waals surface area contributed by atoms with Crippen molar-refractivity contribution in [2.75, 3.05) is 0 Å². The van der Waals surface area contributed by atoms with Crippen LogP contribution in [0.25, 0.3) is 0 Å². The summed E-state index contributed by atoms with van der Waals surface area (Å²) in [6.45, 7) is 1.72. The van der Waals surface area contributed by atoms with Gasteiger partial charge in [-0.25, -0.2) is 0 Å². The summed E-state index contributed by atoms with van der Waals surface area (Å²) in [4.78, 5) is 0.911. The van der Waals surface area contributed by atoms with Crippen molar-refractivity contribution in [3.63, 3.8) is 0 Å². The first-order valence-corrected chi connectivity index (χ1v) is 6.17. The maximum Gasteiger partial charge on any atom is 0.281 e. The number of aryl methyl sites for hydroxylation is 1. The fourth-order valence-corrected chi connectivity index (χ4v) is 2.42. The fourth-order valence-electron chi connectivity index (χ4n) is 1.18. The van der Waals surface area contributed by atoms with Crippen LogP contribution in [0.5, 0.6) is 0 Å². The van der Waals surface area contributed by atoms with Crippen LogP contribution in [-0.4, -0.2) is 15.3 Å². The molecule has 16 heavy (non-hydrogen) atoms. The van der Waals surface area contributed by atoms with Gasteiger partial charge in [-0.3, -0.25) is 0 Å². The summed E-state index contributed by atoms with van der Waals surface area (Å²) in [6.07, 6.45) is 0. The normalized spacial score (nSPS) is 10.7. The van der Waals surface area contributed by atoms with Crippen molar-refractivity contribution in [3.8, 4) is 0 Å². The maximum absolute atomic E-state index is 9.23. The molecular weight excluding hydrogens is 292 g/mol. The Balaban J connectivity index is 2.27. The number of hydrogen-bond donors (Lipinski definition) is 1. The zero-order chi connectivity index (χ0) is 11.5. The van der Waals surface area contributed by atoms with E-state index in [1.807, 2.05) is 18.2 Å². The molecule has 1 N–H and O–H groups in total. The monoisotopic (exact) mass is 300 g/mol. The third-order valence-corrected chi connectivity index (χ3v) is 3.35. The number of hydrogen-bond acceptors (Lipinski definition) is 5. The van der Waals surface area contributed by atoms with E-state index < -0.39 is 0 Å². The van der Waals surface area contributed by atoms with E-state index in [0.717, 1.165) is 14.9 Å². The molecular formula is C10H9BrN2O2S. The lowest BCUT2D eigenvalue weighted by molar-refractivity contribution is 0.279. The first kappa shape index (κ1) is 11.6. The zero-order valence-corrected chi connectivity index (χ0v) is 10.9. The van der Waals surface area contributed by atoms with E-state index in [2.05, 4.69) is 26.1 Å². The van der Waals surface area contributed by atoms with Gasteiger partial charge in [-0.05, 0) is 35.5 Å². The summed E-state index contributed by atoms with van der Waals surface area (Å²) in [5, 5.41) is 17.3. The SMILES string of the molecule is Cc1nnc(Sc2ccc(Br)cc2CO)o1. The van der Waals surface area contributed by atoms with Crippen molar-refractivity contribution in [1.82, 2.24) is 10.2 Å². The van der Waals surface area contributed by atoms with E-state index in [-0.39, 0.29) is 6.61 Å². The predicted molar refractivity (Wildman–Crippen MR) is 63.2 cm³/mol. The number of benzene rings is 1. The average molecular weight is 301 g/mol. The second kappa shape index (κ2) is 4.99. The third kappa shape index (κ3) is 2.63. The minimum absolute atomic E-state index is 0.0190. The van der Waals surface area contributed by atoms with Gasteiger partial charge in [0, 0.05) is 16.3 Å². The lowest BCUT2D eigenvalue weighted by atomic mass is 10.2. The predicted octanol–water partition coefficient (Wildman–Crippen LogP) is 2.78. The van der Waals surface area contributed by atoms with Gasteiger partial charge in [0.1, 0.15) is 0 Å². The molecule has 0 radical (unpaired) electrons. The van der Waals surface area contributed by atoms with Gasteiger partial charge in [-0.2, -0.15) is 0 Å². The Hall–Kier alpha value is -0.850. The van der Waals surface area contributed by atoms with Crippen LogP contribution in [0.1, 0.15) is 11.5 Å². The van der Waals surface area contributed by atoms with Crippen LogP contribution in [0.4, 0.5) is 0 Å². The van der Waals surface area contributed by atoms with Gasteiger partial charge in [-0.15, -0.1) is 10.2 Å². The molecule has 1 heterocycles. The quantitative estimate of drug-likeness (QED) is 0.944. The topological polar surface area (TPSA) is 59.2 Å². The first-order valence-electron chi connectivity index (χ1n) is 4.56. The number of aromatic nitrogens is 2. The molecule has 6 heteroatoms. The highest BCUT2D eigenvalue weighted by atomic mass is 79.9. The molecule has 2 aromatic rings. The molecule has 4 nitrogen and oxygen atoms in total. The Bertz CT molecular complexity index is 501. The molecule has 0 aliphatic rings. The first-order chi connectivity index (χ1) is 7.69. The van der Waals surface area contributed by atoms with Crippen LogP contribution in [0, 0.1) is 6.92 Å². The standard InChI is InChI=1S/C10H9BrN2O2S/c1-6-12-13-10(15-6)16-9-3-2-8(11)4-7(9)5-14/h2-4,14H,5H2,1H3. The van der Waals surface area contributed by atoms with E-state index in [1.54, 1.807) is 6.92 Å². The second-order valence-electron chi connectivity index (χ2n) is 3.10. The highest BCUT2D eigenvalue weighted by Gasteiger charge is 2.09. The van der Waals surface area contributed by atoms with Crippen LogP contribution in [0.15, 0.2) is 37.2 Å². The molecule has 0 atom stereocenters. The van der Waals surface area contributed by atoms with Crippen molar-refractivity contribution >= 4 is 27.7 Å². The minimum Gasteiger partial charge on any atom is -0.416 e. The lowest BCUT2D eigenvalue weighted by Gasteiger charge is -2.04. The van der Waals surface area contributed by atoms with Gasteiger partial charge in [0.25, 0.3) is 5.22 Å². The summed E-state index contributed by atoms with van der Waals surface area (Å²) in [5.41, 5.74) is 0.829. The Kier molecular flexibility index (Phi) is 3.63. The molecule has 0 saturated heterocycles. The summed E-state index contributed by atoms with van der Waals surface area (Å²) in [5.74, 6) is 0.533. The van der Waals surface area contributed by atoms with Crippen molar-refractivity contribution in [2.45, 2.75) is 23.6 Å². The van der Waals surface area contributed by atoms with Gasteiger partial charge < -0.3 is 9.52 Å². The van der Waals surface area contributed by atoms with Gasteiger partial charge in [0.05, 0.1) is 6.61 Å². The van der Waals surface area contributed by atoms with E-state index in [1.165, 1.54) is 11.8 Å². The number of halogens is 1. The van der Waals surface area contributed by atoms with Crippen molar-refractivity contribution in [2.24, 2.45) is 0 Å². The molecule has 0 aliphatic heterocycles. The van der Waals surface area contributed by atoms with E-state index in [0.29, 0.717) is 11.1 Å². The van der Waals surface area contributed by atoms with Crippen LogP contribution < -0.4 is 0 Å². The number of aliphatic hydroxyl groups is 1. The molecule has 0 fully saturated rings. The smallest absolute Gasteiger partial charge is 0.281 e. The Morgan fingerprint density at radius 3 is 2.88 bits per heavy atom. The highest BCUT2D eigenvalue weighted by Crippen LogP contribution is 2.31. The lowest BCUT2D eigenvalue weighted by Crippen LogP contribution is -1.87. The molecule has 0 saturated carbocycles. The van der Waals surface area contributed by atoms with Crippen LogP contribution >= 0.6 is 27.7 Å². The Morgan fingerprint density at radius 1 is 1.44 bits per heavy atom. The minimum atomic E-state index is -0.0190. The van der Waals surface area contributed by atoms with Gasteiger partial charge in [0.2, 0.25) is 5.89 Å². The van der Waals surface area contributed by atoms with Crippen molar-refractivity contribution < 1.29 is 9.52 Å². The van der Waals surface area contributed by atoms with Crippen LogP contribution in [0.3, 0.4) is 0 Å². The maximum atomic E-state index is 9.23. The van der Waals surface area contributed by atoms with Crippen molar-refractivity contribution in [3.05, 3.63) is 34.1 Å². The summed E-state index contributed by atoms with van der Waals surface area (Å²) in [6, 6.07) is 5.68. The van der Waals surface area contributed by atoms with E-state index >= 15 is 0 Å². The summed E-state index contributed by atoms with van der Waals surface area (Å²) >= 11 is 4.70. The molecule has 2 rings (SSSR count). The Labute approximate surface area is 105 Å². The molecule has 0 aliphatic carbocycles. The highest BCUT2D eigenvalue weighted by molar-refractivity contribution is 9.10. The number of aliphatic hydroxyl groups excluding tert-OH is 1. The molecule has 0 unspecified atom stereocenters. The van der Waals surface area contributed by atoms with E-state index in [9.17, 15) is 5.11 Å². The average Bonchev–Trinajstić information content (AvgIpc) is 2.67. The molecule has 0 spiro atoms. The summed E-state index contributed by atoms with van der Waals surface area (Å²) < 4.78 is 6.20. The fraction of sp³-hybridized carbons (Fsp3) is 0.200. The number of nitrogens with zero attached hydrogens (tertiary/aromatic N) is 2. The van der Waals surface area contributed by atoms with Crippen LogP contribution in [-0.2, 0) is 6.61 Å². The van der Waals surface area contributed by atoms with Crippen LogP contribution in [0.2, 0.25) is 0 Å². The van der Waals surface area contributed by atoms with Gasteiger partial charge >= 0.3 is 0 Å². The van der Waals surface area contributed by atoms with Gasteiger partial charge in [-0.1, -0.05) is 15.9 Å². The Morgan fingerprint density at radius 2 is 2.25 bits per heavy atom. The van der Waals surface area contributed by atoms with Gasteiger partial charge in [0.15, 0.2) is 0 Å². The molecule has 0 bridgehead atoms. The second-order valence-corrected chi connectivity index (χ2v) is 5.01. The summed E-state index contributed by atoms with van der Waals surface area (Å²) in [7, 11) is 0. The largest absolute Gasteiger partial charge is 0.416 e. The zero-order valence-electron chi connectivity index (χ0n) is 8.48. The van der Waals surface area contributed by atoms with E-state index in [4.69, 9.17) is 4.42 Å². The molecule has 84 valence electrons. The molecule has 0 amide bonds. The number of rotatable bonds is 3. The molecule has 1 aromatic heterocycles. The van der Waals surface area contributed by atoms with Crippen molar-refractivity contribution in [1.29, 1.82) is 0 Å². The molecule has 1 aromatic carbocycles.